The van der Waals surface area contributed by atoms with Gasteiger partial charge in [0.1, 0.15) is 5.75 Å². The van der Waals surface area contributed by atoms with Crippen LogP contribution in [0.15, 0.2) is 48.5 Å². The molecule has 0 spiro atoms. The largest absolute Gasteiger partial charge is 0.496 e. The number of para-hydroxylation sites is 2. The van der Waals surface area contributed by atoms with Gasteiger partial charge in [-0.05, 0) is 44.9 Å². The van der Waals surface area contributed by atoms with Crippen LogP contribution in [0.25, 0.3) is 10.9 Å². The van der Waals surface area contributed by atoms with Crippen molar-refractivity contribution in [2.24, 2.45) is 0 Å². The van der Waals surface area contributed by atoms with Gasteiger partial charge in [-0.15, -0.1) is 0 Å². The molecule has 2 aliphatic heterocycles. The number of aromatic nitrogens is 1. The van der Waals surface area contributed by atoms with Crippen molar-refractivity contribution in [3.8, 4) is 5.75 Å². The Bertz CT molecular complexity index is 1270. The highest BCUT2D eigenvalue weighted by Crippen LogP contribution is 2.49. The Morgan fingerprint density at radius 1 is 1.11 bits per heavy atom. The van der Waals surface area contributed by atoms with Crippen LogP contribution in [0.3, 0.4) is 0 Å². The molecule has 0 radical (unpaired) electrons. The number of nitrogens with zero attached hydrogens (tertiary/aromatic N) is 2. The van der Waals surface area contributed by atoms with Crippen molar-refractivity contribution >= 4 is 22.7 Å². The SMILES string of the molecule is COc1ccccc1C1CN2C(=O)CN(CCCOC(C)C)C(=O)[C@]2(C)c2[nH]c3ccccc3c21. The lowest BCUT2D eigenvalue weighted by Crippen LogP contribution is -2.67. The topological polar surface area (TPSA) is 74.9 Å². The summed E-state index contributed by atoms with van der Waals surface area (Å²) in [6.45, 7) is 7.43. The minimum Gasteiger partial charge on any atom is -0.496 e. The molecule has 0 aliphatic carbocycles. The molecule has 7 nitrogen and oxygen atoms in total. The Kier molecular flexibility index (Phi) is 6.05. The molecule has 5 rings (SSSR count). The van der Waals surface area contributed by atoms with Gasteiger partial charge in [-0.3, -0.25) is 9.59 Å². The summed E-state index contributed by atoms with van der Waals surface area (Å²) in [5.41, 5.74) is 2.73. The lowest BCUT2D eigenvalue weighted by Gasteiger charge is -2.51. The van der Waals surface area contributed by atoms with Crippen LogP contribution < -0.4 is 4.74 Å². The van der Waals surface area contributed by atoms with Crippen molar-refractivity contribution in [3.63, 3.8) is 0 Å². The zero-order valence-electron chi connectivity index (χ0n) is 20.8. The van der Waals surface area contributed by atoms with Crippen LogP contribution in [-0.4, -0.2) is 66.1 Å². The predicted octanol–water partition coefficient (Wildman–Crippen LogP) is 4.02. The third-order valence-corrected chi connectivity index (χ3v) is 7.36. The van der Waals surface area contributed by atoms with E-state index in [2.05, 4.69) is 17.1 Å². The smallest absolute Gasteiger partial charge is 0.254 e. The molecule has 3 heterocycles. The standard InChI is InChI=1S/C28H33N3O4/c1-18(2)35-15-9-14-30-17-24(32)31-16-21(19-10-6-8-13-23(19)34-4)25-20-11-5-7-12-22(20)29-26(25)28(31,3)27(30)33/h5-8,10-13,18,21,29H,9,14-17H2,1-4H3/t21?,28-/m0/s1. The number of fused-ring (bicyclic) bond motifs is 5. The van der Waals surface area contributed by atoms with Gasteiger partial charge in [-0.1, -0.05) is 36.4 Å². The van der Waals surface area contributed by atoms with E-state index in [1.807, 2.05) is 57.2 Å². The number of carbonyl (C=O) groups is 2. The normalized spacial score (nSPS) is 22.0. The van der Waals surface area contributed by atoms with Crippen LogP contribution >= 0.6 is 0 Å². The first-order valence-electron chi connectivity index (χ1n) is 12.3. The lowest BCUT2D eigenvalue weighted by molar-refractivity contribution is -0.166. The van der Waals surface area contributed by atoms with Crippen molar-refractivity contribution in [2.75, 3.05) is 33.4 Å². The number of nitrogens with one attached hydrogen (secondary N) is 1. The molecule has 2 amide bonds. The first kappa shape index (κ1) is 23.4. The van der Waals surface area contributed by atoms with Crippen molar-refractivity contribution in [2.45, 2.75) is 44.8 Å². The maximum Gasteiger partial charge on any atom is 0.254 e. The quantitative estimate of drug-likeness (QED) is 0.524. The summed E-state index contributed by atoms with van der Waals surface area (Å²) >= 11 is 0. The van der Waals surface area contributed by atoms with Gasteiger partial charge in [0.25, 0.3) is 5.91 Å². The average Bonchev–Trinajstić information content (AvgIpc) is 3.25. The van der Waals surface area contributed by atoms with Gasteiger partial charge in [0.2, 0.25) is 5.91 Å². The predicted molar refractivity (Wildman–Crippen MR) is 134 cm³/mol. The molecule has 7 heteroatoms. The molecule has 2 atom stereocenters. The molecule has 1 aromatic heterocycles. The fraction of sp³-hybridized carbons (Fsp3) is 0.429. The highest BCUT2D eigenvalue weighted by molar-refractivity contribution is 6.01. The van der Waals surface area contributed by atoms with Gasteiger partial charge >= 0.3 is 0 Å². The number of benzene rings is 2. The van der Waals surface area contributed by atoms with Crippen LogP contribution in [0.4, 0.5) is 0 Å². The van der Waals surface area contributed by atoms with E-state index >= 15 is 0 Å². The Morgan fingerprint density at radius 3 is 2.63 bits per heavy atom. The van der Waals surface area contributed by atoms with Gasteiger partial charge in [-0.2, -0.15) is 0 Å². The molecule has 35 heavy (non-hydrogen) atoms. The van der Waals surface area contributed by atoms with E-state index in [-0.39, 0.29) is 30.4 Å². The van der Waals surface area contributed by atoms with Crippen LogP contribution in [0.5, 0.6) is 5.75 Å². The highest BCUT2D eigenvalue weighted by atomic mass is 16.5. The van der Waals surface area contributed by atoms with Crippen molar-refractivity contribution in [1.29, 1.82) is 0 Å². The Labute approximate surface area is 206 Å². The number of rotatable bonds is 7. The zero-order valence-corrected chi connectivity index (χ0v) is 20.8. The second-order valence-electron chi connectivity index (χ2n) is 9.83. The number of hydrogen-bond donors (Lipinski definition) is 1. The summed E-state index contributed by atoms with van der Waals surface area (Å²) in [7, 11) is 1.67. The second-order valence-corrected chi connectivity index (χ2v) is 9.83. The summed E-state index contributed by atoms with van der Waals surface area (Å²) in [6.07, 6.45) is 0.831. The lowest BCUT2D eigenvalue weighted by atomic mass is 9.76. The van der Waals surface area contributed by atoms with Crippen molar-refractivity contribution in [1.82, 2.24) is 14.8 Å². The number of amides is 2. The van der Waals surface area contributed by atoms with Gasteiger partial charge in [-0.25, -0.2) is 0 Å². The van der Waals surface area contributed by atoms with Crippen molar-refractivity contribution < 1.29 is 19.1 Å². The number of H-pyrrole nitrogens is 1. The van der Waals surface area contributed by atoms with Crippen LogP contribution in [-0.2, 0) is 19.9 Å². The van der Waals surface area contributed by atoms with Crippen LogP contribution in [0.1, 0.15) is 49.9 Å². The fourth-order valence-electron chi connectivity index (χ4n) is 5.67. The maximum absolute atomic E-state index is 14.0. The Hall–Kier alpha value is -3.32. The van der Waals surface area contributed by atoms with Crippen molar-refractivity contribution in [3.05, 3.63) is 65.4 Å². The van der Waals surface area contributed by atoms with Gasteiger partial charge < -0.3 is 24.3 Å². The van der Waals surface area contributed by atoms with Gasteiger partial charge in [0, 0.05) is 42.1 Å². The number of ether oxygens (including phenoxy) is 2. The van der Waals surface area contributed by atoms with E-state index in [0.717, 1.165) is 33.5 Å². The number of methoxy groups -OCH3 is 1. The monoisotopic (exact) mass is 475 g/mol. The molecule has 0 saturated carbocycles. The molecule has 2 aromatic carbocycles. The van der Waals surface area contributed by atoms with Crippen LogP contribution in [0.2, 0.25) is 0 Å². The van der Waals surface area contributed by atoms with E-state index in [0.29, 0.717) is 26.1 Å². The molecule has 1 unspecified atom stereocenters. The fourth-order valence-corrected chi connectivity index (χ4v) is 5.67. The highest BCUT2D eigenvalue weighted by Gasteiger charge is 2.56. The molecular weight excluding hydrogens is 442 g/mol. The van der Waals surface area contributed by atoms with Crippen LogP contribution in [0, 0.1) is 0 Å². The molecule has 1 fully saturated rings. The molecule has 2 aliphatic rings. The van der Waals surface area contributed by atoms with Gasteiger partial charge in [0.05, 0.1) is 25.5 Å². The first-order chi connectivity index (χ1) is 16.9. The molecule has 1 saturated heterocycles. The van der Waals surface area contributed by atoms with E-state index in [1.54, 1.807) is 16.9 Å². The number of hydrogen-bond acceptors (Lipinski definition) is 4. The maximum atomic E-state index is 14.0. The summed E-state index contributed by atoms with van der Waals surface area (Å²) in [4.78, 5) is 34.6. The molecule has 184 valence electrons. The second kappa shape index (κ2) is 9.04. The third-order valence-electron chi connectivity index (χ3n) is 7.36. The Morgan fingerprint density at radius 2 is 1.86 bits per heavy atom. The van der Waals surface area contributed by atoms with Gasteiger partial charge in [0.15, 0.2) is 5.54 Å². The van der Waals surface area contributed by atoms with E-state index in [1.165, 1.54) is 0 Å². The molecule has 1 N–H and O–H groups in total. The minimum atomic E-state index is -1.10. The zero-order chi connectivity index (χ0) is 24.7. The van der Waals surface area contributed by atoms with E-state index in [4.69, 9.17) is 9.47 Å². The number of piperazine rings is 1. The number of carbonyl (C=O) groups excluding carboxylic acids is 2. The average molecular weight is 476 g/mol. The Balaban J connectivity index is 1.61. The summed E-state index contributed by atoms with van der Waals surface area (Å²) in [6, 6.07) is 16.0. The first-order valence-corrected chi connectivity index (χ1v) is 12.3. The summed E-state index contributed by atoms with van der Waals surface area (Å²) in [5.74, 6) is 0.571. The number of aromatic amines is 1. The molecule has 3 aromatic rings. The summed E-state index contributed by atoms with van der Waals surface area (Å²) in [5, 5.41) is 1.07. The third kappa shape index (κ3) is 3.78. The molecule has 0 bridgehead atoms. The summed E-state index contributed by atoms with van der Waals surface area (Å²) < 4.78 is 11.4. The molecular formula is C28H33N3O4. The minimum absolute atomic E-state index is 0.0407. The van der Waals surface area contributed by atoms with E-state index < -0.39 is 5.54 Å². The van der Waals surface area contributed by atoms with E-state index in [9.17, 15) is 9.59 Å².